The maximum absolute atomic E-state index is 9.30. The Labute approximate surface area is 106 Å². The highest BCUT2D eigenvalue weighted by atomic mass is 16.6. The van der Waals surface area contributed by atoms with Crippen molar-refractivity contribution in [2.45, 2.75) is 31.5 Å². The van der Waals surface area contributed by atoms with Crippen LogP contribution in [-0.4, -0.2) is 42.4 Å². The number of hydrogen-bond acceptors (Lipinski definition) is 5. The lowest BCUT2D eigenvalue weighted by Crippen LogP contribution is -2.19. The van der Waals surface area contributed by atoms with E-state index in [4.69, 9.17) is 14.2 Å². The van der Waals surface area contributed by atoms with Crippen LogP contribution in [0.4, 0.5) is 0 Å². The molecule has 0 bridgehead atoms. The van der Waals surface area contributed by atoms with Gasteiger partial charge in [0, 0.05) is 6.42 Å². The van der Waals surface area contributed by atoms with Crippen molar-refractivity contribution < 1.29 is 24.4 Å². The fourth-order valence-electron chi connectivity index (χ4n) is 1.87. The molecule has 1 aromatic carbocycles. The average molecular weight is 254 g/mol. The molecule has 3 atom stereocenters. The zero-order valence-electron chi connectivity index (χ0n) is 10.3. The van der Waals surface area contributed by atoms with Gasteiger partial charge < -0.3 is 24.4 Å². The molecule has 5 heteroatoms. The molecule has 5 nitrogen and oxygen atoms in total. The molecule has 1 fully saturated rings. The van der Waals surface area contributed by atoms with Crippen LogP contribution in [0.15, 0.2) is 24.3 Å². The third-order valence-electron chi connectivity index (χ3n) is 2.90. The van der Waals surface area contributed by atoms with E-state index in [2.05, 4.69) is 0 Å². The molecule has 1 aliphatic heterocycles. The van der Waals surface area contributed by atoms with Gasteiger partial charge in [0.2, 0.25) is 0 Å². The molecule has 0 radical (unpaired) electrons. The molecular formula is C13H18O5. The standard InChI is InChI=1S/C13H18O5/c1-16-10-4-2-9(3-5-10)7-17-8-11-6-12(14)13(15)18-11/h2-5,11-15H,6-8H2,1H3/t11-,12-,13?/m1/s1. The van der Waals surface area contributed by atoms with Crippen LogP contribution < -0.4 is 4.74 Å². The van der Waals surface area contributed by atoms with Crippen LogP contribution in [0.5, 0.6) is 5.75 Å². The Bertz CT molecular complexity index is 354. The lowest BCUT2D eigenvalue weighted by molar-refractivity contribution is -0.137. The number of ether oxygens (including phenoxy) is 3. The maximum atomic E-state index is 9.30. The van der Waals surface area contributed by atoms with Crippen LogP contribution >= 0.6 is 0 Å². The van der Waals surface area contributed by atoms with Crippen molar-refractivity contribution in [3.05, 3.63) is 29.8 Å². The van der Waals surface area contributed by atoms with E-state index in [0.29, 0.717) is 19.6 Å². The summed E-state index contributed by atoms with van der Waals surface area (Å²) in [7, 11) is 1.62. The first-order chi connectivity index (χ1) is 8.69. The van der Waals surface area contributed by atoms with Crippen LogP contribution in [0.3, 0.4) is 0 Å². The Morgan fingerprint density at radius 1 is 1.28 bits per heavy atom. The Morgan fingerprint density at radius 2 is 2.00 bits per heavy atom. The van der Waals surface area contributed by atoms with Gasteiger partial charge >= 0.3 is 0 Å². The predicted molar refractivity (Wildman–Crippen MR) is 64.2 cm³/mol. The molecular weight excluding hydrogens is 236 g/mol. The molecule has 0 saturated carbocycles. The van der Waals surface area contributed by atoms with Gasteiger partial charge in [-0.15, -0.1) is 0 Å². The van der Waals surface area contributed by atoms with Gasteiger partial charge in [0.05, 0.1) is 26.4 Å². The first-order valence-corrected chi connectivity index (χ1v) is 5.91. The van der Waals surface area contributed by atoms with Crippen molar-refractivity contribution in [1.82, 2.24) is 0 Å². The summed E-state index contributed by atoms with van der Waals surface area (Å²) in [5.41, 5.74) is 1.04. The monoisotopic (exact) mass is 254 g/mol. The van der Waals surface area contributed by atoms with Crippen molar-refractivity contribution >= 4 is 0 Å². The molecule has 0 spiro atoms. The molecule has 100 valence electrons. The normalized spacial score (nSPS) is 27.4. The maximum Gasteiger partial charge on any atom is 0.181 e. The number of rotatable bonds is 5. The molecule has 1 aliphatic rings. The van der Waals surface area contributed by atoms with Gasteiger partial charge in [-0.1, -0.05) is 12.1 Å². The van der Waals surface area contributed by atoms with E-state index in [1.54, 1.807) is 7.11 Å². The minimum absolute atomic E-state index is 0.242. The number of aliphatic hydroxyl groups excluding tert-OH is 2. The second-order valence-corrected chi connectivity index (χ2v) is 4.31. The number of aliphatic hydroxyl groups is 2. The van der Waals surface area contributed by atoms with E-state index in [-0.39, 0.29) is 6.10 Å². The Hall–Kier alpha value is -1.14. The molecule has 0 aromatic heterocycles. The summed E-state index contributed by atoms with van der Waals surface area (Å²) in [6.45, 7) is 0.830. The summed E-state index contributed by atoms with van der Waals surface area (Å²) < 4.78 is 15.7. The van der Waals surface area contributed by atoms with Gasteiger partial charge in [-0.05, 0) is 17.7 Å². The van der Waals surface area contributed by atoms with Gasteiger partial charge in [-0.2, -0.15) is 0 Å². The van der Waals surface area contributed by atoms with E-state index in [9.17, 15) is 10.2 Å². The van der Waals surface area contributed by atoms with Crippen molar-refractivity contribution in [3.63, 3.8) is 0 Å². The van der Waals surface area contributed by atoms with E-state index in [1.807, 2.05) is 24.3 Å². The lowest BCUT2D eigenvalue weighted by Gasteiger charge is -2.10. The van der Waals surface area contributed by atoms with Gasteiger partial charge in [0.15, 0.2) is 6.29 Å². The minimum atomic E-state index is -1.08. The van der Waals surface area contributed by atoms with Crippen LogP contribution in [0.1, 0.15) is 12.0 Å². The van der Waals surface area contributed by atoms with Gasteiger partial charge in [-0.25, -0.2) is 0 Å². The van der Waals surface area contributed by atoms with Gasteiger partial charge in [-0.3, -0.25) is 0 Å². The molecule has 1 unspecified atom stereocenters. The summed E-state index contributed by atoms with van der Waals surface area (Å²) in [5, 5.41) is 18.5. The zero-order chi connectivity index (χ0) is 13.0. The fourth-order valence-corrected chi connectivity index (χ4v) is 1.87. The van der Waals surface area contributed by atoms with Crippen LogP contribution in [-0.2, 0) is 16.1 Å². The van der Waals surface area contributed by atoms with Crippen molar-refractivity contribution in [3.8, 4) is 5.75 Å². The number of methoxy groups -OCH3 is 1. The second kappa shape index (κ2) is 6.15. The fraction of sp³-hybridized carbons (Fsp3) is 0.538. The summed E-state index contributed by atoms with van der Waals surface area (Å²) in [6.07, 6.45) is -1.73. The first kappa shape index (κ1) is 13.3. The van der Waals surface area contributed by atoms with Crippen LogP contribution in [0.2, 0.25) is 0 Å². The highest BCUT2D eigenvalue weighted by Crippen LogP contribution is 2.19. The van der Waals surface area contributed by atoms with Crippen LogP contribution in [0.25, 0.3) is 0 Å². The molecule has 1 saturated heterocycles. The average Bonchev–Trinajstić information content (AvgIpc) is 2.69. The van der Waals surface area contributed by atoms with Crippen molar-refractivity contribution in [2.24, 2.45) is 0 Å². The summed E-state index contributed by atoms with van der Waals surface area (Å²) in [5.74, 6) is 0.809. The minimum Gasteiger partial charge on any atom is -0.497 e. The molecule has 1 heterocycles. The summed E-state index contributed by atoms with van der Waals surface area (Å²) in [4.78, 5) is 0. The van der Waals surface area contributed by atoms with Crippen LogP contribution in [0, 0.1) is 0 Å². The SMILES string of the molecule is COc1ccc(COC[C@H]2C[C@@H](O)C(O)O2)cc1. The molecule has 2 N–H and O–H groups in total. The third kappa shape index (κ3) is 3.43. The Morgan fingerprint density at radius 3 is 2.56 bits per heavy atom. The topological polar surface area (TPSA) is 68.2 Å². The zero-order valence-corrected chi connectivity index (χ0v) is 10.3. The first-order valence-electron chi connectivity index (χ1n) is 5.91. The second-order valence-electron chi connectivity index (χ2n) is 4.31. The lowest BCUT2D eigenvalue weighted by atomic mass is 10.2. The molecule has 18 heavy (non-hydrogen) atoms. The quantitative estimate of drug-likeness (QED) is 0.808. The highest BCUT2D eigenvalue weighted by Gasteiger charge is 2.32. The molecule has 0 amide bonds. The third-order valence-corrected chi connectivity index (χ3v) is 2.90. The number of hydrogen-bond donors (Lipinski definition) is 2. The Balaban J connectivity index is 1.72. The van der Waals surface area contributed by atoms with E-state index in [0.717, 1.165) is 11.3 Å². The number of benzene rings is 1. The molecule has 0 aliphatic carbocycles. The summed E-state index contributed by atoms with van der Waals surface area (Å²) >= 11 is 0. The van der Waals surface area contributed by atoms with E-state index in [1.165, 1.54) is 0 Å². The van der Waals surface area contributed by atoms with Gasteiger partial charge in [0.25, 0.3) is 0 Å². The van der Waals surface area contributed by atoms with E-state index < -0.39 is 12.4 Å². The highest BCUT2D eigenvalue weighted by molar-refractivity contribution is 5.26. The Kier molecular flexibility index (Phi) is 4.54. The predicted octanol–water partition coefficient (Wildman–Crippen LogP) is 0.680. The molecule has 2 rings (SSSR count). The largest absolute Gasteiger partial charge is 0.497 e. The van der Waals surface area contributed by atoms with Crippen molar-refractivity contribution in [2.75, 3.05) is 13.7 Å². The van der Waals surface area contributed by atoms with Crippen molar-refractivity contribution in [1.29, 1.82) is 0 Å². The molecule has 1 aromatic rings. The smallest absolute Gasteiger partial charge is 0.181 e. The van der Waals surface area contributed by atoms with E-state index >= 15 is 0 Å². The van der Waals surface area contributed by atoms with Gasteiger partial charge in [0.1, 0.15) is 11.9 Å². The summed E-state index contributed by atoms with van der Waals surface area (Å²) in [6, 6.07) is 7.60.